The van der Waals surface area contributed by atoms with Crippen molar-refractivity contribution in [3.8, 4) is 11.4 Å². The van der Waals surface area contributed by atoms with Crippen LogP contribution in [0, 0.1) is 17.7 Å². The molecule has 0 aliphatic carbocycles. The van der Waals surface area contributed by atoms with E-state index in [0.717, 1.165) is 54.5 Å². The van der Waals surface area contributed by atoms with Crippen molar-refractivity contribution in [1.82, 2.24) is 35.3 Å². The number of aromatic nitrogens is 4. The third-order valence-electron chi connectivity index (χ3n) is 8.06. The van der Waals surface area contributed by atoms with Crippen LogP contribution in [-0.4, -0.2) is 80.7 Å². The number of hydrogen-bond acceptors (Lipinski definition) is 6. The van der Waals surface area contributed by atoms with Crippen molar-refractivity contribution >= 4 is 33.6 Å². The second-order valence-corrected chi connectivity index (χ2v) is 12.1. The normalized spacial score (nSPS) is 21.5. The predicted molar refractivity (Wildman–Crippen MR) is 158 cm³/mol. The number of anilines is 1. The molecule has 2 aromatic carbocycles. The quantitative estimate of drug-likeness (QED) is 0.409. The summed E-state index contributed by atoms with van der Waals surface area (Å²) in [6.45, 7) is 5.57. The molecule has 5 rings (SSSR count). The zero-order chi connectivity index (χ0) is 28.9. The predicted octanol–water partition coefficient (Wildman–Crippen LogP) is 4.09. The third-order valence-corrected chi connectivity index (χ3v) is 8.52. The van der Waals surface area contributed by atoms with Gasteiger partial charge in [-0.05, 0) is 84.5 Å². The summed E-state index contributed by atoms with van der Waals surface area (Å²) in [6, 6.07) is 12.0. The lowest BCUT2D eigenvalue weighted by Crippen LogP contribution is -2.56. The third kappa shape index (κ3) is 7.68. The van der Waals surface area contributed by atoms with Crippen LogP contribution in [0.25, 0.3) is 11.4 Å². The maximum absolute atomic E-state index is 13.4. The molecule has 2 N–H and O–H groups in total. The van der Waals surface area contributed by atoms with E-state index >= 15 is 0 Å². The number of carbonyl (C=O) groups is 2. The molecule has 1 aromatic heterocycles. The molecule has 12 heteroatoms. The van der Waals surface area contributed by atoms with E-state index < -0.39 is 0 Å². The fourth-order valence-corrected chi connectivity index (χ4v) is 6.56. The number of benzene rings is 2. The van der Waals surface area contributed by atoms with Gasteiger partial charge in [-0.25, -0.2) is 13.9 Å². The number of nitrogens with one attached hydrogen (secondary N) is 2. The molecule has 2 saturated heterocycles. The molecule has 2 fully saturated rings. The van der Waals surface area contributed by atoms with Crippen molar-refractivity contribution in [2.24, 2.45) is 18.9 Å². The van der Waals surface area contributed by atoms with Crippen molar-refractivity contribution in [3.05, 3.63) is 58.3 Å². The zero-order valence-electron chi connectivity index (χ0n) is 23.4. The van der Waals surface area contributed by atoms with Crippen LogP contribution in [0.3, 0.4) is 0 Å². The SMILES string of the molecule is CC(=O)N1CC[C@@H](NC(=O)Nc2cc(Br)cc(-c3nnnn3C)c2)[C@H](CN2CCCC(Cc3ccc(F)cc3)C2)C1. The average Bonchev–Trinajstić information content (AvgIpc) is 3.36. The Hall–Kier alpha value is -3.38. The van der Waals surface area contributed by atoms with Gasteiger partial charge in [0.05, 0.1) is 0 Å². The van der Waals surface area contributed by atoms with E-state index in [2.05, 4.69) is 47.0 Å². The second kappa shape index (κ2) is 13.1. The molecule has 2 aliphatic rings. The topological polar surface area (TPSA) is 108 Å². The van der Waals surface area contributed by atoms with Crippen molar-refractivity contribution in [3.63, 3.8) is 0 Å². The molecule has 3 atom stereocenters. The standard InChI is InChI=1S/C29H36BrFN8O2/c1-19(40)39-11-9-27(33-29(41)32-26-14-22(13-24(30)15-26)28-34-35-36-37(28)2)23(18-39)17-38-10-3-4-21(16-38)12-20-5-7-25(31)8-6-20/h5-8,13-15,21,23,27H,3-4,9-12,16-18H2,1-2H3,(H2,32,33,41)/t21?,23-,27-/m1/s1. The van der Waals surface area contributed by atoms with E-state index in [1.54, 1.807) is 18.7 Å². The summed E-state index contributed by atoms with van der Waals surface area (Å²) >= 11 is 3.52. The van der Waals surface area contributed by atoms with E-state index in [-0.39, 0.29) is 29.7 Å². The minimum absolute atomic E-state index is 0.0608. The molecule has 3 amide bonds. The molecule has 41 heavy (non-hydrogen) atoms. The second-order valence-electron chi connectivity index (χ2n) is 11.2. The Bertz CT molecular complexity index is 1370. The molecular weight excluding hydrogens is 591 g/mol. The highest BCUT2D eigenvalue weighted by molar-refractivity contribution is 9.10. The summed E-state index contributed by atoms with van der Waals surface area (Å²) in [7, 11) is 1.76. The monoisotopic (exact) mass is 626 g/mol. The molecule has 0 spiro atoms. The molecule has 1 unspecified atom stereocenters. The Morgan fingerprint density at radius 3 is 2.63 bits per heavy atom. The zero-order valence-corrected chi connectivity index (χ0v) is 25.0. The first kappa shape index (κ1) is 29.1. The summed E-state index contributed by atoms with van der Waals surface area (Å²) in [5.41, 5.74) is 2.54. The highest BCUT2D eigenvalue weighted by atomic mass is 79.9. The number of aryl methyl sites for hydroxylation is 1. The number of carbonyl (C=O) groups excluding carboxylic acids is 2. The molecular formula is C29H36BrFN8O2. The molecule has 10 nitrogen and oxygen atoms in total. The van der Waals surface area contributed by atoms with Gasteiger partial charge < -0.3 is 20.4 Å². The Labute approximate surface area is 247 Å². The Balaban J connectivity index is 1.23. The molecule has 0 bridgehead atoms. The number of likely N-dealkylation sites (tertiary alicyclic amines) is 2. The van der Waals surface area contributed by atoms with Gasteiger partial charge in [0.25, 0.3) is 0 Å². The van der Waals surface area contributed by atoms with Crippen LogP contribution in [-0.2, 0) is 18.3 Å². The summed E-state index contributed by atoms with van der Waals surface area (Å²) < 4.78 is 15.7. The Morgan fingerprint density at radius 1 is 1.10 bits per heavy atom. The largest absolute Gasteiger partial charge is 0.342 e. The minimum Gasteiger partial charge on any atom is -0.342 e. The van der Waals surface area contributed by atoms with Crippen molar-refractivity contribution in [1.29, 1.82) is 0 Å². The summed E-state index contributed by atoms with van der Waals surface area (Å²) in [4.78, 5) is 29.8. The van der Waals surface area contributed by atoms with Gasteiger partial charge in [0, 0.05) is 67.8 Å². The first-order chi connectivity index (χ1) is 19.7. The minimum atomic E-state index is -0.288. The molecule has 2 aliphatic heterocycles. The molecule has 3 aromatic rings. The van der Waals surface area contributed by atoms with Gasteiger partial charge in [-0.15, -0.1) is 5.10 Å². The van der Waals surface area contributed by atoms with Crippen molar-refractivity contribution in [2.75, 3.05) is 38.0 Å². The van der Waals surface area contributed by atoms with Crippen LogP contribution in [0.2, 0.25) is 0 Å². The summed E-state index contributed by atoms with van der Waals surface area (Å²) in [5.74, 6) is 1.03. The van der Waals surface area contributed by atoms with Gasteiger partial charge in [0.1, 0.15) is 5.82 Å². The van der Waals surface area contributed by atoms with Crippen LogP contribution in [0.15, 0.2) is 46.9 Å². The van der Waals surface area contributed by atoms with Gasteiger partial charge in [-0.3, -0.25) is 4.79 Å². The molecule has 0 saturated carbocycles. The fourth-order valence-electron chi connectivity index (χ4n) is 6.06. The molecule has 3 heterocycles. The maximum Gasteiger partial charge on any atom is 0.319 e. The first-order valence-corrected chi connectivity index (χ1v) is 14.9. The number of piperidine rings is 2. The van der Waals surface area contributed by atoms with E-state index in [1.807, 2.05) is 35.2 Å². The molecule has 218 valence electrons. The number of nitrogens with zero attached hydrogens (tertiary/aromatic N) is 6. The first-order valence-electron chi connectivity index (χ1n) is 14.1. The number of amides is 3. The summed E-state index contributed by atoms with van der Waals surface area (Å²) in [5, 5.41) is 17.8. The number of urea groups is 1. The smallest absolute Gasteiger partial charge is 0.319 e. The van der Waals surface area contributed by atoms with Crippen LogP contribution < -0.4 is 10.6 Å². The van der Waals surface area contributed by atoms with Crippen molar-refractivity contribution in [2.45, 2.75) is 38.6 Å². The highest BCUT2D eigenvalue weighted by Gasteiger charge is 2.34. The average molecular weight is 628 g/mol. The van der Waals surface area contributed by atoms with Gasteiger partial charge in [0.15, 0.2) is 5.82 Å². The summed E-state index contributed by atoms with van der Waals surface area (Å²) in [6.07, 6.45) is 3.85. The lowest BCUT2D eigenvalue weighted by atomic mass is 9.88. The van der Waals surface area contributed by atoms with Crippen LogP contribution in [0.5, 0.6) is 0 Å². The van der Waals surface area contributed by atoms with Gasteiger partial charge in [-0.1, -0.05) is 28.1 Å². The van der Waals surface area contributed by atoms with Gasteiger partial charge in [-0.2, -0.15) is 0 Å². The lowest BCUT2D eigenvalue weighted by molar-refractivity contribution is -0.131. The fraction of sp³-hybridized carbons (Fsp3) is 0.483. The van der Waals surface area contributed by atoms with Crippen LogP contribution in [0.4, 0.5) is 14.9 Å². The maximum atomic E-state index is 13.4. The Kier molecular flexibility index (Phi) is 9.29. The van der Waals surface area contributed by atoms with E-state index in [4.69, 9.17) is 0 Å². The van der Waals surface area contributed by atoms with E-state index in [9.17, 15) is 14.0 Å². The number of halogens is 2. The van der Waals surface area contributed by atoms with Gasteiger partial charge >= 0.3 is 6.03 Å². The number of hydrogen-bond donors (Lipinski definition) is 2. The van der Waals surface area contributed by atoms with Gasteiger partial charge in [0.2, 0.25) is 5.91 Å². The van der Waals surface area contributed by atoms with Crippen LogP contribution >= 0.6 is 15.9 Å². The number of rotatable bonds is 7. The van der Waals surface area contributed by atoms with E-state index in [0.29, 0.717) is 36.9 Å². The number of tetrazole rings is 1. The highest BCUT2D eigenvalue weighted by Crippen LogP contribution is 2.27. The van der Waals surface area contributed by atoms with E-state index in [1.165, 1.54) is 12.1 Å². The lowest BCUT2D eigenvalue weighted by Gasteiger charge is -2.42. The van der Waals surface area contributed by atoms with Crippen molar-refractivity contribution < 1.29 is 14.0 Å². The molecule has 0 radical (unpaired) electrons. The Morgan fingerprint density at radius 2 is 1.90 bits per heavy atom. The van der Waals surface area contributed by atoms with Crippen LogP contribution in [0.1, 0.15) is 31.7 Å².